The molecule has 0 heterocycles. The van der Waals surface area contributed by atoms with Crippen LogP contribution in [-0.2, 0) is 9.59 Å². The van der Waals surface area contributed by atoms with Crippen molar-refractivity contribution in [3.05, 3.63) is 69.9 Å². The number of hydrogen-bond donors (Lipinski definition) is 0. The van der Waals surface area contributed by atoms with Crippen molar-refractivity contribution in [3.8, 4) is 0 Å². The van der Waals surface area contributed by atoms with Crippen LogP contribution in [0.5, 0.6) is 0 Å². The summed E-state index contributed by atoms with van der Waals surface area (Å²) in [4.78, 5) is 29.2. The number of Topliss-reactive ketones (excluding diaryl/α,β-unsaturated/α-hetero) is 2. The Morgan fingerprint density at radius 1 is 0.321 bits per heavy atom. The van der Waals surface area contributed by atoms with E-state index in [4.69, 9.17) is 0 Å². The van der Waals surface area contributed by atoms with Crippen molar-refractivity contribution < 1.29 is 9.59 Å². The maximum absolute atomic E-state index is 14.6. The average molecular weight is 843 g/mol. The Morgan fingerprint density at radius 3 is 0.589 bits per heavy atom. The lowest BCUT2D eigenvalue weighted by atomic mass is 9.93. The highest BCUT2D eigenvalue weighted by Crippen LogP contribution is 2.64. The largest absolute Gasteiger partial charge is 0.289 e. The van der Waals surface area contributed by atoms with Crippen LogP contribution in [0.1, 0.15) is 166 Å². The summed E-state index contributed by atoms with van der Waals surface area (Å²) >= 11 is 0. The summed E-state index contributed by atoms with van der Waals surface area (Å²) < 4.78 is 0. The van der Waals surface area contributed by atoms with Crippen molar-refractivity contribution in [1.82, 2.24) is 0 Å². The number of rotatable bonds is 9. The van der Waals surface area contributed by atoms with E-state index in [0.717, 1.165) is 58.1 Å². The van der Waals surface area contributed by atoms with Crippen molar-refractivity contribution in [2.75, 3.05) is 24.6 Å². The Kier molecular flexibility index (Phi) is 16.5. The normalized spacial score (nSPS) is 17.6. The van der Waals surface area contributed by atoms with Crippen LogP contribution in [0.25, 0.3) is 0 Å². The number of carbonyl (C=O) groups excluding carboxylic acids is 2. The second kappa shape index (κ2) is 17.8. The van der Waals surface area contributed by atoms with Crippen LogP contribution in [0.3, 0.4) is 0 Å². The van der Waals surface area contributed by atoms with Gasteiger partial charge in [-0.3, -0.25) is 9.59 Å². The highest BCUT2D eigenvalue weighted by Gasteiger charge is 2.41. The molecule has 0 amide bonds. The molecule has 0 N–H and O–H groups in total. The molecule has 0 radical (unpaired) electrons. The summed E-state index contributed by atoms with van der Waals surface area (Å²) in [6.45, 7) is 56.4. The lowest BCUT2D eigenvalue weighted by molar-refractivity contribution is -0.112. The zero-order chi connectivity index (χ0) is 44.0. The number of carbonyl (C=O) groups is 2. The first-order chi connectivity index (χ1) is 24.6. The van der Waals surface area contributed by atoms with Crippen LogP contribution in [0.15, 0.2) is 69.9 Å². The zero-order valence-electron chi connectivity index (χ0n) is 40.9. The summed E-state index contributed by atoms with van der Waals surface area (Å²) in [5.74, 6) is 0.500. The van der Waals surface area contributed by atoms with Crippen LogP contribution in [0, 0.1) is 0 Å². The van der Waals surface area contributed by atoms with Crippen molar-refractivity contribution in [3.63, 3.8) is 0 Å². The Hall–Kier alpha value is -0.500. The molecule has 2 aliphatic carbocycles. The molecule has 0 aromatic rings. The minimum Gasteiger partial charge on any atom is -0.289 e. The maximum atomic E-state index is 14.6. The van der Waals surface area contributed by atoms with E-state index in [1.165, 1.54) is 0 Å². The van der Waals surface area contributed by atoms with E-state index >= 15 is 0 Å². The molecule has 0 aliphatic heterocycles. The Labute approximate surface area is 353 Å². The van der Waals surface area contributed by atoms with Crippen molar-refractivity contribution >= 4 is 43.3 Å². The molecule has 0 atom stereocenters. The average Bonchev–Trinajstić information content (AvgIpc) is 2.92. The fraction of sp³-hybridized carbons (Fsp3) is 0.720. The molecule has 0 aromatic heterocycles. The quantitative estimate of drug-likeness (QED) is 0.217. The fourth-order valence-corrected chi connectivity index (χ4v) is 23.2. The predicted molar refractivity (Wildman–Crippen MR) is 264 cm³/mol. The fourth-order valence-electron chi connectivity index (χ4n) is 9.02. The zero-order valence-corrected chi connectivity index (χ0v) is 44.5. The van der Waals surface area contributed by atoms with E-state index in [1.54, 1.807) is 0 Å². The standard InChI is InChI=1S/C50H86O2P4/c1-43(2,3)53(44(4,5)6)31-37-27-35(28-38(41(37)51)32-54(45(7,8)9)46(10,11)12)25-26-36-29-39(33-55(47(13,14)15)48(16,17)18)42(52)40(30-36)34-56(49(19,20)21)50(22,23)24/h25-30H,31-34H2,1-24H3. The highest BCUT2D eigenvalue weighted by molar-refractivity contribution is 7.62. The number of ketones is 2. The van der Waals surface area contributed by atoms with Crippen molar-refractivity contribution in [2.24, 2.45) is 0 Å². The van der Waals surface area contributed by atoms with Crippen LogP contribution in [0.4, 0.5) is 0 Å². The summed E-state index contributed by atoms with van der Waals surface area (Å²) in [6, 6.07) is 0. The van der Waals surface area contributed by atoms with E-state index in [9.17, 15) is 9.59 Å². The SMILES string of the molecule is CC(C)(C)P(CC1=CC(=CC=C2C=C(CP(C(C)(C)C)C(C)(C)C)C(=O)C(CP(C(C)(C)C)C(C)(C)C)=C2)C=C(CP(C(C)(C)C)C(C)(C)C)C1=O)C(C)(C)C. The van der Waals surface area contributed by atoms with Crippen LogP contribution in [0.2, 0.25) is 0 Å². The third-order valence-corrected chi connectivity index (χ3v) is 26.4. The second-order valence-corrected chi connectivity index (χ2v) is 39.8. The van der Waals surface area contributed by atoms with E-state index in [1.807, 2.05) is 0 Å². The lowest BCUT2D eigenvalue weighted by Gasteiger charge is -2.43. The Balaban J connectivity index is 2.94. The molecular formula is C50H86O2P4. The molecule has 2 aliphatic rings. The predicted octanol–water partition coefficient (Wildman–Crippen LogP) is 16.0. The molecule has 2 nitrogen and oxygen atoms in total. The van der Waals surface area contributed by atoms with Gasteiger partial charge in [-0.05, 0) is 101 Å². The number of hydrogen-bond acceptors (Lipinski definition) is 2. The van der Waals surface area contributed by atoms with Crippen LogP contribution in [-0.4, -0.2) is 77.5 Å². The molecule has 0 unspecified atom stereocenters. The van der Waals surface area contributed by atoms with Gasteiger partial charge in [-0.25, -0.2) is 0 Å². The van der Waals surface area contributed by atoms with Crippen molar-refractivity contribution in [1.29, 1.82) is 0 Å². The molecule has 2 rings (SSSR count). The molecule has 0 fully saturated rings. The van der Waals surface area contributed by atoms with Crippen molar-refractivity contribution in [2.45, 2.75) is 207 Å². The van der Waals surface area contributed by atoms with Gasteiger partial charge >= 0.3 is 0 Å². The molecule has 0 saturated heterocycles. The molecule has 0 aromatic carbocycles. The van der Waals surface area contributed by atoms with Crippen LogP contribution < -0.4 is 0 Å². The summed E-state index contributed by atoms with van der Waals surface area (Å²) in [5.41, 5.74) is 6.06. The van der Waals surface area contributed by atoms with E-state index in [0.29, 0.717) is 0 Å². The van der Waals surface area contributed by atoms with Gasteiger partial charge in [0.05, 0.1) is 0 Å². The first-order valence-corrected chi connectivity index (χ1v) is 27.2. The minimum atomic E-state index is -0.497. The van der Waals surface area contributed by atoms with Crippen LogP contribution >= 0.6 is 31.7 Å². The monoisotopic (exact) mass is 843 g/mol. The summed E-state index contributed by atoms with van der Waals surface area (Å²) in [6.07, 6.45) is 16.6. The van der Waals surface area contributed by atoms with Gasteiger partial charge < -0.3 is 0 Å². The van der Waals surface area contributed by atoms with Gasteiger partial charge in [0.1, 0.15) is 0 Å². The Bertz CT molecular complexity index is 1350. The van der Waals surface area contributed by atoms with E-state index < -0.39 is 31.7 Å². The van der Waals surface area contributed by atoms with Gasteiger partial charge in [-0.15, -0.1) is 0 Å². The topological polar surface area (TPSA) is 34.1 Å². The van der Waals surface area contributed by atoms with E-state index in [-0.39, 0.29) is 52.8 Å². The van der Waals surface area contributed by atoms with Gasteiger partial charge in [0.2, 0.25) is 0 Å². The third kappa shape index (κ3) is 14.6. The Morgan fingerprint density at radius 2 is 0.464 bits per heavy atom. The minimum absolute atomic E-state index is 0.112. The molecule has 0 spiro atoms. The molecule has 318 valence electrons. The smallest absolute Gasteiger partial charge is 0.185 e. The number of allylic oxidation sites excluding steroid dienone is 12. The van der Waals surface area contributed by atoms with E-state index in [2.05, 4.69) is 203 Å². The second-order valence-electron chi connectivity index (χ2n) is 24.4. The first kappa shape index (κ1) is 51.6. The molecule has 56 heavy (non-hydrogen) atoms. The highest BCUT2D eigenvalue weighted by atomic mass is 31.1. The van der Waals surface area contributed by atoms with Gasteiger partial charge in [0.15, 0.2) is 11.6 Å². The maximum Gasteiger partial charge on any atom is 0.185 e. The lowest BCUT2D eigenvalue weighted by Crippen LogP contribution is -2.31. The summed E-state index contributed by atoms with van der Waals surface area (Å²) in [5, 5.41) is 0.900. The third-order valence-electron chi connectivity index (χ3n) is 10.8. The molecule has 0 saturated carbocycles. The van der Waals surface area contributed by atoms with Gasteiger partial charge in [0, 0.05) is 22.3 Å². The van der Waals surface area contributed by atoms with Gasteiger partial charge in [0.25, 0.3) is 0 Å². The molecule has 0 bridgehead atoms. The first-order valence-electron chi connectivity index (χ1n) is 21.1. The molecular weight excluding hydrogens is 756 g/mol. The van der Waals surface area contributed by atoms with Gasteiger partial charge in [-0.1, -0.05) is 210 Å². The molecule has 6 heteroatoms. The summed E-state index contributed by atoms with van der Waals surface area (Å²) in [7, 11) is -1.99. The van der Waals surface area contributed by atoms with Gasteiger partial charge in [-0.2, -0.15) is 0 Å².